The summed E-state index contributed by atoms with van der Waals surface area (Å²) in [6, 6.07) is 4.53. The molecule has 3 rings (SSSR count). The lowest BCUT2D eigenvalue weighted by atomic mass is 10.1. The number of fused-ring (bicyclic) bond motifs is 1. The van der Waals surface area contributed by atoms with Crippen molar-refractivity contribution in [1.29, 1.82) is 0 Å². The summed E-state index contributed by atoms with van der Waals surface area (Å²) >= 11 is 0. The van der Waals surface area contributed by atoms with Gasteiger partial charge in [0.05, 0.1) is 24.2 Å². The molecule has 0 saturated carbocycles. The summed E-state index contributed by atoms with van der Waals surface area (Å²) in [7, 11) is 0. The van der Waals surface area contributed by atoms with Crippen molar-refractivity contribution in [3.8, 4) is 5.75 Å². The molecule has 1 fully saturated rings. The van der Waals surface area contributed by atoms with Crippen LogP contribution in [0.1, 0.15) is 33.6 Å². The van der Waals surface area contributed by atoms with Crippen LogP contribution >= 0.6 is 0 Å². The van der Waals surface area contributed by atoms with Crippen LogP contribution in [0.2, 0.25) is 0 Å². The monoisotopic (exact) mass is 363 g/mol. The van der Waals surface area contributed by atoms with E-state index in [2.05, 4.69) is 4.84 Å². The topological polar surface area (TPSA) is 119 Å². The first kappa shape index (κ1) is 17.6. The van der Waals surface area contributed by atoms with Gasteiger partial charge in [0, 0.05) is 13.0 Å². The Labute approximate surface area is 148 Å². The molecule has 1 aromatic rings. The number of imide groups is 1. The maximum Gasteiger partial charge on any atom is 0.294 e. The molecule has 0 aliphatic carbocycles. The lowest BCUT2D eigenvalue weighted by Crippen LogP contribution is -2.33. The second kappa shape index (κ2) is 7.38. The maximum absolute atomic E-state index is 12.3. The highest BCUT2D eigenvalue weighted by molar-refractivity contribution is 6.21. The van der Waals surface area contributed by atoms with Gasteiger partial charge in [-0.3, -0.25) is 19.3 Å². The lowest BCUT2D eigenvalue weighted by Gasteiger charge is -2.15. The lowest BCUT2D eigenvalue weighted by molar-refractivity contribution is -0.757. The van der Waals surface area contributed by atoms with Crippen LogP contribution in [-0.2, 0) is 9.63 Å². The summed E-state index contributed by atoms with van der Waals surface area (Å²) in [4.78, 5) is 53.0. The summed E-state index contributed by atoms with van der Waals surface area (Å²) < 4.78 is 5.58. The zero-order valence-electron chi connectivity index (χ0n) is 13.9. The van der Waals surface area contributed by atoms with E-state index in [9.17, 15) is 24.5 Å². The molecule has 0 aromatic heterocycles. The van der Waals surface area contributed by atoms with Crippen molar-refractivity contribution in [3.05, 3.63) is 39.4 Å². The van der Waals surface area contributed by atoms with Gasteiger partial charge in [-0.15, -0.1) is 10.1 Å². The summed E-state index contributed by atoms with van der Waals surface area (Å²) in [5.41, 5.74) is 0.407. The number of benzene rings is 1. The molecule has 138 valence electrons. The van der Waals surface area contributed by atoms with Crippen molar-refractivity contribution < 1.29 is 29.0 Å². The predicted octanol–water partition coefficient (Wildman–Crippen LogP) is 0.492. The van der Waals surface area contributed by atoms with Gasteiger partial charge in [-0.05, 0) is 24.6 Å². The van der Waals surface area contributed by atoms with Crippen LogP contribution in [0.15, 0.2) is 18.2 Å². The third-order valence-corrected chi connectivity index (χ3v) is 4.26. The van der Waals surface area contributed by atoms with Gasteiger partial charge in [-0.1, -0.05) is 0 Å². The van der Waals surface area contributed by atoms with Gasteiger partial charge in [0.15, 0.2) is 0 Å². The van der Waals surface area contributed by atoms with Crippen molar-refractivity contribution in [2.75, 3.05) is 32.8 Å². The average molecular weight is 363 g/mol. The number of nitrogens with zero attached hydrogens (tertiary/aromatic N) is 3. The van der Waals surface area contributed by atoms with Crippen molar-refractivity contribution in [1.82, 2.24) is 9.80 Å². The number of hydrogen-bond acceptors (Lipinski definition) is 7. The number of carbonyl (C=O) groups is 3. The first-order valence-electron chi connectivity index (χ1n) is 8.15. The zero-order valence-corrected chi connectivity index (χ0v) is 13.9. The SMILES string of the molecule is O=C1CCCN1CCOc1ccc2c(c1)C(=O)N(CCO[N+](=O)[O-])C2=O. The van der Waals surface area contributed by atoms with Crippen LogP contribution in [-0.4, -0.2) is 65.5 Å². The van der Waals surface area contributed by atoms with Gasteiger partial charge in [0.1, 0.15) is 19.0 Å². The Morgan fingerprint density at radius 1 is 1.08 bits per heavy atom. The van der Waals surface area contributed by atoms with E-state index in [0.29, 0.717) is 18.7 Å². The van der Waals surface area contributed by atoms with Gasteiger partial charge >= 0.3 is 0 Å². The molecule has 3 amide bonds. The highest BCUT2D eigenvalue weighted by atomic mass is 16.9. The van der Waals surface area contributed by atoms with E-state index < -0.39 is 16.9 Å². The van der Waals surface area contributed by atoms with E-state index in [1.54, 1.807) is 11.0 Å². The number of hydrogen-bond donors (Lipinski definition) is 0. The highest BCUT2D eigenvalue weighted by Crippen LogP contribution is 2.26. The molecule has 2 aliphatic rings. The van der Waals surface area contributed by atoms with Crippen molar-refractivity contribution in [3.63, 3.8) is 0 Å². The van der Waals surface area contributed by atoms with Gasteiger partial charge in [0.2, 0.25) is 5.91 Å². The van der Waals surface area contributed by atoms with Gasteiger partial charge < -0.3 is 14.5 Å². The van der Waals surface area contributed by atoms with Crippen molar-refractivity contribution >= 4 is 17.7 Å². The molecule has 0 bridgehead atoms. The Morgan fingerprint density at radius 2 is 1.85 bits per heavy atom. The molecule has 10 heteroatoms. The molecule has 0 atom stereocenters. The van der Waals surface area contributed by atoms with E-state index in [0.717, 1.165) is 17.9 Å². The highest BCUT2D eigenvalue weighted by Gasteiger charge is 2.35. The molecule has 1 aromatic carbocycles. The quantitative estimate of drug-likeness (QED) is 0.374. The Kier molecular flexibility index (Phi) is 5.01. The number of rotatable bonds is 8. The molecular formula is C16H17N3O7. The molecule has 0 unspecified atom stereocenters. The number of ether oxygens (including phenoxy) is 1. The summed E-state index contributed by atoms with van der Waals surface area (Å²) in [6.07, 6.45) is 1.41. The Hall–Kier alpha value is -3.17. The molecule has 0 N–H and O–H groups in total. The second-order valence-electron chi connectivity index (χ2n) is 5.86. The summed E-state index contributed by atoms with van der Waals surface area (Å²) in [5.74, 6) is -0.542. The van der Waals surface area contributed by atoms with E-state index in [4.69, 9.17) is 4.74 Å². The molecule has 26 heavy (non-hydrogen) atoms. The fraction of sp³-hybridized carbons (Fsp3) is 0.438. The fourth-order valence-corrected chi connectivity index (χ4v) is 2.98. The van der Waals surface area contributed by atoms with Crippen LogP contribution in [0.4, 0.5) is 0 Å². The van der Waals surface area contributed by atoms with Crippen molar-refractivity contribution in [2.24, 2.45) is 0 Å². The molecular weight excluding hydrogens is 346 g/mol. The maximum atomic E-state index is 12.3. The van der Waals surface area contributed by atoms with Gasteiger partial charge in [-0.2, -0.15) is 0 Å². The third kappa shape index (κ3) is 3.58. The van der Waals surface area contributed by atoms with E-state index in [1.807, 2.05) is 0 Å². The molecule has 0 radical (unpaired) electrons. The Bertz CT molecular complexity index is 764. The molecule has 0 spiro atoms. The molecule has 2 aliphatic heterocycles. The standard InChI is InChI=1S/C16H17N3O7/c20-14-2-1-5-17(14)6-8-25-11-3-4-12-13(10-11)16(22)18(15(12)21)7-9-26-19(23)24/h3-4,10H,1-2,5-9H2. The van der Waals surface area contributed by atoms with Gasteiger partial charge in [-0.25, -0.2) is 0 Å². The zero-order chi connectivity index (χ0) is 18.7. The Morgan fingerprint density at radius 3 is 2.54 bits per heavy atom. The number of amides is 3. The van der Waals surface area contributed by atoms with E-state index in [-0.39, 0.29) is 36.8 Å². The minimum Gasteiger partial charge on any atom is -0.492 e. The second-order valence-corrected chi connectivity index (χ2v) is 5.86. The van der Waals surface area contributed by atoms with Crippen LogP contribution in [0.25, 0.3) is 0 Å². The largest absolute Gasteiger partial charge is 0.492 e. The number of likely N-dealkylation sites (tertiary alicyclic amines) is 1. The van der Waals surface area contributed by atoms with Crippen molar-refractivity contribution in [2.45, 2.75) is 12.8 Å². The molecule has 10 nitrogen and oxygen atoms in total. The normalized spacial score (nSPS) is 16.2. The Balaban J connectivity index is 1.59. The van der Waals surface area contributed by atoms with Crippen LogP contribution < -0.4 is 4.74 Å². The van der Waals surface area contributed by atoms with Crippen LogP contribution in [0, 0.1) is 10.1 Å². The summed E-state index contributed by atoms with van der Waals surface area (Å²) in [6.45, 7) is 0.882. The van der Waals surface area contributed by atoms with Crippen LogP contribution in [0.5, 0.6) is 5.75 Å². The fourth-order valence-electron chi connectivity index (χ4n) is 2.98. The van der Waals surface area contributed by atoms with Crippen LogP contribution in [0.3, 0.4) is 0 Å². The summed E-state index contributed by atoms with van der Waals surface area (Å²) in [5, 5.41) is 9.19. The first-order valence-corrected chi connectivity index (χ1v) is 8.15. The van der Waals surface area contributed by atoms with Gasteiger partial charge in [0.25, 0.3) is 16.9 Å². The van der Waals surface area contributed by atoms with E-state index >= 15 is 0 Å². The number of carbonyl (C=O) groups excluding carboxylic acids is 3. The van der Waals surface area contributed by atoms with E-state index in [1.165, 1.54) is 12.1 Å². The third-order valence-electron chi connectivity index (χ3n) is 4.26. The molecule has 2 heterocycles. The minimum atomic E-state index is -0.977. The molecule has 1 saturated heterocycles. The first-order chi connectivity index (χ1) is 12.5. The average Bonchev–Trinajstić information content (AvgIpc) is 3.11. The smallest absolute Gasteiger partial charge is 0.294 e. The predicted molar refractivity (Wildman–Crippen MR) is 86.1 cm³/mol. The minimum absolute atomic E-state index is 0.107.